The third kappa shape index (κ3) is 2.75. The molecule has 0 fully saturated rings. The number of rotatable bonds is 2. The van der Waals surface area contributed by atoms with Crippen LogP contribution < -0.4 is 5.73 Å². The summed E-state index contributed by atoms with van der Waals surface area (Å²) >= 11 is 11.8. The lowest BCUT2D eigenvalue weighted by Gasteiger charge is -2.05. The molecule has 3 nitrogen and oxygen atoms in total. The number of nitrogens with zero attached hydrogens (tertiary/aromatic N) is 2. The normalized spacial score (nSPS) is 10.6. The molecular weight excluding hydrogens is 257 g/mol. The lowest BCUT2D eigenvalue weighted by atomic mass is 10.2. The molecule has 88 valence electrons. The van der Waals surface area contributed by atoms with E-state index in [2.05, 4.69) is 9.97 Å². The van der Waals surface area contributed by atoms with Crippen LogP contribution in [0.2, 0.25) is 10.0 Å². The second-order valence-corrected chi connectivity index (χ2v) is 4.47. The molecule has 0 aliphatic heterocycles. The highest BCUT2D eigenvalue weighted by Gasteiger charge is 2.06. The van der Waals surface area contributed by atoms with Crippen LogP contribution in [-0.4, -0.2) is 9.97 Å². The van der Waals surface area contributed by atoms with E-state index >= 15 is 0 Å². The highest BCUT2D eigenvalue weighted by atomic mass is 35.5. The van der Waals surface area contributed by atoms with Crippen molar-refractivity contribution in [3.05, 3.63) is 45.7 Å². The number of hydrogen-bond donors (Lipinski definition) is 1. The molecular formula is C12H11Cl2N3. The second-order valence-electron chi connectivity index (χ2n) is 3.66. The van der Waals surface area contributed by atoms with Crippen molar-refractivity contribution in [1.29, 1.82) is 0 Å². The summed E-state index contributed by atoms with van der Waals surface area (Å²) in [7, 11) is 0. The summed E-state index contributed by atoms with van der Waals surface area (Å²) < 4.78 is 0. The molecule has 0 amide bonds. The molecule has 0 aliphatic carbocycles. The fourth-order valence-corrected chi connectivity index (χ4v) is 1.80. The highest BCUT2D eigenvalue weighted by Crippen LogP contribution is 2.26. The third-order valence-electron chi connectivity index (χ3n) is 2.29. The van der Waals surface area contributed by atoms with Crippen LogP contribution in [0.4, 0.5) is 0 Å². The second kappa shape index (κ2) is 5.00. The van der Waals surface area contributed by atoms with Crippen molar-refractivity contribution in [2.45, 2.75) is 13.5 Å². The molecule has 2 aromatic rings. The standard InChI is InChI=1S/C12H11Cl2N3/c1-7-4-9(6-15)17-12(16-7)8-2-3-10(13)11(14)5-8/h2-5H,6,15H2,1H3. The van der Waals surface area contributed by atoms with E-state index in [1.807, 2.05) is 19.1 Å². The topological polar surface area (TPSA) is 51.8 Å². The number of aryl methyl sites for hydroxylation is 1. The van der Waals surface area contributed by atoms with E-state index in [-0.39, 0.29) is 0 Å². The van der Waals surface area contributed by atoms with Gasteiger partial charge in [-0.2, -0.15) is 0 Å². The summed E-state index contributed by atoms with van der Waals surface area (Å²) in [5.74, 6) is 0.615. The molecule has 1 aromatic heterocycles. The van der Waals surface area contributed by atoms with Gasteiger partial charge in [0, 0.05) is 17.8 Å². The van der Waals surface area contributed by atoms with Gasteiger partial charge in [-0.25, -0.2) is 9.97 Å². The van der Waals surface area contributed by atoms with Crippen molar-refractivity contribution < 1.29 is 0 Å². The van der Waals surface area contributed by atoms with Gasteiger partial charge in [0.25, 0.3) is 0 Å². The average molecular weight is 268 g/mol. The van der Waals surface area contributed by atoms with Gasteiger partial charge in [0.2, 0.25) is 0 Å². The Kier molecular flexibility index (Phi) is 3.62. The molecule has 17 heavy (non-hydrogen) atoms. The van der Waals surface area contributed by atoms with Crippen LogP contribution in [0.15, 0.2) is 24.3 Å². The molecule has 1 aromatic carbocycles. The molecule has 0 radical (unpaired) electrons. The van der Waals surface area contributed by atoms with Gasteiger partial charge in [0.1, 0.15) is 0 Å². The minimum Gasteiger partial charge on any atom is -0.325 e. The average Bonchev–Trinajstić information content (AvgIpc) is 2.32. The summed E-state index contributed by atoms with van der Waals surface area (Å²) in [6, 6.07) is 7.18. The lowest BCUT2D eigenvalue weighted by molar-refractivity contribution is 0.953. The van der Waals surface area contributed by atoms with E-state index in [1.54, 1.807) is 12.1 Å². The monoisotopic (exact) mass is 267 g/mol. The summed E-state index contributed by atoms with van der Waals surface area (Å²) in [6.45, 7) is 2.29. The van der Waals surface area contributed by atoms with E-state index < -0.39 is 0 Å². The van der Waals surface area contributed by atoms with Gasteiger partial charge < -0.3 is 5.73 Å². The van der Waals surface area contributed by atoms with E-state index in [9.17, 15) is 0 Å². The zero-order valence-corrected chi connectivity index (χ0v) is 10.8. The van der Waals surface area contributed by atoms with E-state index in [0.29, 0.717) is 22.4 Å². The highest BCUT2D eigenvalue weighted by molar-refractivity contribution is 6.42. The van der Waals surface area contributed by atoms with Crippen molar-refractivity contribution in [1.82, 2.24) is 9.97 Å². The molecule has 0 spiro atoms. The number of aromatic nitrogens is 2. The first-order valence-corrected chi connectivity index (χ1v) is 5.86. The fraction of sp³-hybridized carbons (Fsp3) is 0.167. The zero-order chi connectivity index (χ0) is 12.4. The van der Waals surface area contributed by atoms with Gasteiger partial charge in [-0.1, -0.05) is 23.2 Å². The minimum atomic E-state index is 0.387. The Morgan fingerprint density at radius 1 is 1.12 bits per heavy atom. The Balaban J connectivity index is 2.52. The van der Waals surface area contributed by atoms with Gasteiger partial charge >= 0.3 is 0 Å². The SMILES string of the molecule is Cc1cc(CN)nc(-c2ccc(Cl)c(Cl)c2)n1. The van der Waals surface area contributed by atoms with Crippen LogP contribution in [0, 0.1) is 6.92 Å². The van der Waals surface area contributed by atoms with E-state index in [0.717, 1.165) is 17.0 Å². The Bertz CT molecular complexity index is 555. The van der Waals surface area contributed by atoms with Crippen molar-refractivity contribution in [2.75, 3.05) is 0 Å². The number of nitrogens with two attached hydrogens (primary N) is 1. The van der Waals surface area contributed by atoms with Crippen molar-refractivity contribution in [3.8, 4) is 11.4 Å². The fourth-order valence-electron chi connectivity index (χ4n) is 1.50. The Morgan fingerprint density at radius 3 is 2.53 bits per heavy atom. The first-order valence-electron chi connectivity index (χ1n) is 5.10. The maximum Gasteiger partial charge on any atom is 0.159 e. The van der Waals surface area contributed by atoms with E-state index in [1.165, 1.54) is 0 Å². The van der Waals surface area contributed by atoms with Crippen molar-refractivity contribution >= 4 is 23.2 Å². The Morgan fingerprint density at radius 2 is 1.88 bits per heavy atom. The van der Waals surface area contributed by atoms with Crippen LogP contribution >= 0.6 is 23.2 Å². The molecule has 1 heterocycles. The first kappa shape index (κ1) is 12.3. The summed E-state index contributed by atoms with van der Waals surface area (Å²) in [5.41, 5.74) is 8.09. The van der Waals surface area contributed by atoms with Crippen LogP contribution in [0.5, 0.6) is 0 Å². The van der Waals surface area contributed by atoms with Crippen molar-refractivity contribution in [2.24, 2.45) is 5.73 Å². The Labute approximate surface area is 110 Å². The molecule has 5 heteroatoms. The van der Waals surface area contributed by atoms with Crippen LogP contribution in [-0.2, 0) is 6.54 Å². The summed E-state index contributed by atoms with van der Waals surface area (Å²) in [6.07, 6.45) is 0. The quantitative estimate of drug-likeness (QED) is 0.909. The van der Waals surface area contributed by atoms with Gasteiger partial charge in [0.05, 0.1) is 15.7 Å². The molecule has 0 atom stereocenters. The van der Waals surface area contributed by atoms with Crippen molar-refractivity contribution in [3.63, 3.8) is 0 Å². The largest absolute Gasteiger partial charge is 0.325 e. The predicted octanol–water partition coefficient (Wildman–Crippen LogP) is 3.22. The summed E-state index contributed by atoms with van der Waals surface area (Å²) in [5, 5.41) is 1.01. The summed E-state index contributed by atoms with van der Waals surface area (Å²) in [4.78, 5) is 8.71. The van der Waals surface area contributed by atoms with Gasteiger partial charge in [0.15, 0.2) is 5.82 Å². The van der Waals surface area contributed by atoms with Crippen LogP contribution in [0.3, 0.4) is 0 Å². The first-order chi connectivity index (χ1) is 8.10. The van der Waals surface area contributed by atoms with E-state index in [4.69, 9.17) is 28.9 Å². The van der Waals surface area contributed by atoms with Crippen LogP contribution in [0.25, 0.3) is 11.4 Å². The molecule has 0 saturated heterocycles. The van der Waals surface area contributed by atoms with Crippen LogP contribution in [0.1, 0.15) is 11.4 Å². The van der Waals surface area contributed by atoms with Gasteiger partial charge in [-0.3, -0.25) is 0 Å². The number of benzene rings is 1. The van der Waals surface area contributed by atoms with Gasteiger partial charge in [-0.05, 0) is 31.2 Å². The van der Waals surface area contributed by atoms with Gasteiger partial charge in [-0.15, -0.1) is 0 Å². The third-order valence-corrected chi connectivity index (χ3v) is 3.03. The molecule has 0 aliphatic rings. The molecule has 0 bridgehead atoms. The maximum atomic E-state index is 5.96. The molecule has 0 unspecified atom stereocenters. The molecule has 2 N–H and O–H groups in total. The lowest BCUT2D eigenvalue weighted by Crippen LogP contribution is -2.03. The number of hydrogen-bond acceptors (Lipinski definition) is 3. The maximum absolute atomic E-state index is 5.96. The Hall–Kier alpha value is -1.16. The molecule has 0 saturated carbocycles. The molecule has 2 rings (SSSR count). The predicted molar refractivity (Wildman–Crippen MR) is 70.1 cm³/mol. The smallest absolute Gasteiger partial charge is 0.159 e. The number of halogens is 2. The minimum absolute atomic E-state index is 0.387. The zero-order valence-electron chi connectivity index (χ0n) is 9.24.